The molecule has 2 aromatic heterocycles. The van der Waals surface area contributed by atoms with Crippen molar-refractivity contribution in [3.8, 4) is 11.3 Å². The van der Waals surface area contributed by atoms with Crippen LogP contribution in [0.25, 0.3) is 16.9 Å². The minimum atomic E-state index is -0.688. The summed E-state index contributed by atoms with van der Waals surface area (Å²) in [6, 6.07) is 11.3. The molecule has 0 atom stereocenters. The van der Waals surface area contributed by atoms with Crippen molar-refractivity contribution in [1.82, 2.24) is 19.7 Å². The Bertz CT molecular complexity index is 1060. The number of rotatable bonds is 8. The Hall–Kier alpha value is -3.26. The van der Waals surface area contributed by atoms with E-state index in [0.717, 1.165) is 24.8 Å². The fourth-order valence-electron chi connectivity index (χ4n) is 3.94. The molecule has 162 valence electrons. The third-order valence-electron chi connectivity index (χ3n) is 5.55. The van der Waals surface area contributed by atoms with Gasteiger partial charge in [0.15, 0.2) is 11.3 Å². The van der Waals surface area contributed by atoms with Crippen molar-refractivity contribution in [2.24, 2.45) is 5.73 Å². The van der Waals surface area contributed by atoms with Crippen molar-refractivity contribution in [1.29, 1.82) is 0 Å². The van der Waals surface area contributed by atoms with E-state index in [1.54, 1.807) is 10.5 Å². The molecule has 8 nitrogen and oxygen atoms in total. The largest absolute Gasteiger partial charge is 0.378 e. The number of ether oxygens (including phenoxy) is 1. The van der Waals surface area contributed by atoms with E-state index in [1.807, 2.05) is 30.3 Å². The SMILES string of the molecule is NC(=O)c1ncn2c(-c3ccccc3)cc(C(=O)NCCCOC3CCCCC3)nc12. The molecule has 2 amide bonds. The van der Waals surface area contributed by atoms with E-state index in [-0.39, 0.29) is 22.9 Å². The van der Waals surface area contributed by atoms with Gasteiger partial charge in [0.1, 0.15) is 12.0 Å². The quantitative estimate of drug-likeness (QED) is 0.543. The fourth-order valence-corrected chi connectivity index (χ4v) is 3.94. The number of fused-ring (bicyclic) bond motifs is 1. The van der Waals surface area contributed by atoms with Crippen LogP contribution in [0.4, 0.5) is 0 Å². The van der Waals surface area contributed by atoms with Crippen LogP contribution in [0.2, 0.25) is 0 Å². The Balaban J connectivity index is 1.48. The number of imidazole rings is 1. The molecule has 1 aliphatic rings. The number of carbonyl (C=O) groups is 2. The number of hydrogen-bond donors (Lipinski definition) is 2. The van der Waals surface area contributed by atoms with Crippen LogP contribution in [0, 0.1) is 0 Å². The van der Waals surface area contributed by atoms with Crippen LogP contribution in [-0.2, 0) is 4.74 Å². The van der Waals surface area contributed by atoms with Gasteiger partial charge in [0, 0.05) is 13.2 Å². The summed E-state index contributed by atoms with van der Waals surface area (Å²) >= 11 is 0. The highest BCUT2D eigenvalue weighted by Crippen LogP contribution is 2.23. The van der Waals surface area contributed by atoms with Crippen LogP contribution >= 0.6 is 0 Å². The molecule has 0 aliphatic heterocycles. The molecule has 8 heteroatoms. The van der Waals surface area contributed by atoms with E-state index in [9.17, 15) is 9.59 Å². The second kappa shape index (κ2) is 9.70. The van der Waals surface area contributed by atoms with Gasteiger partial charge in [-0.15, -0.1) is 0 Å². The third-order valence-corrected chi connectivity index (χ3v) is 5.55. The minimum Gasteiger partial charge on any atom is -0.378 e. The van der Waals surface area contributed by atoms with E-state index in [4.69, 9.17) is 10.5 Å². The molecule has 2 heterocycles. The minimum absolute atomic E-state index is 0.0349. The number of carbonyl (C=O) groups excluding carboxylic acids is 2. The molecule has 3 N–H and O–H groups in total. The van der Waals surface area contributed by atoms with Crippen molar-refractivity contribution in [2.45, 2.75) is 44.6 Å². The molecule has 4 rings (SSSR count). The summed E-state index contributed by atoms with van der Waals surface area (Å²) in [6.07, 6.45) is 8.62. The summed E-state index contributed by atoms with van der Waals surface area (Å²) in [5.41, 5.74) is 7.53. The van der Waals surface area contributed by atoms with Gasteiger partial charge >= 0.3 is 0 Å². The maximum atomic E-state index is 12.8. The molecule has 31 heavy (non-hydrogen) atoms. The second-order valence-corrected chi connectivity index (χ2v) is 7.78. The number of primary amides is 1. The van der Waals surface area contributed by atoms with Crippen LogP contribution < -0.4 is 11.1 Å². The number of nitrogens with two attached hydrogens (primary N) is 1. The summed E-state index contributed by atoms with van der Waals surface area (Å²) < 4.78 is 7.58. The summed E-state index contributed by atoms with van der Waals surface area (Å²) in [4.78, 5) is 33.0. The smallest absolute Gasteiger partial charge is 0.271 e. The molecule has 1 saturated carbocycles. The monoisotopic (exact) mass is 421 g/mol. The lowest BCUT2D eigenvalue weighted by atomic mass is 9.98. The van der Waals surface area contributed by atoms with Gasteiger partial charge in [0.25, 0.3) is 11.8 Å². The highest BCUT2D eigenvalue weighted by molar-refractivity contribution is 5.99. The molecule has 1 fully saturated rings. The lowest BCUT2D eigenvalue weighted by Gasteiger charge is -2.21. The van der Waals surface area contributed by atoms with E-state index in [2.05, 4.69) is 15.3 Å². The van der Waals surface area contributed by atoms with Gasteiger partial charge in [0.05, 0.1) is 11.8 Å². The molecule has 0 bridgehead atoms. The highest BCUT2D eigenvalue weighted by Gasteiger charge is 2.19. The summed E-state index contributed by atoms with van der Waals surface area (Å²) in [5.74, 6) is -1.000. The van der Waals surface area contributed by atoms with Crippen molar-refractivity contribution < 1.29 is 14.3 Å². The average molecular weight is 422 g/mol. The zero-order valence-electron chi connectivity index (χ0n) is 17.4. The standard InChI is InChI=1S/C23H27N5O3/c24-21(29)20-22-27-18(14-19(28(22)15-26-20)16-8-3-1-4-9-16)23(30)25-12-7-13-31-17-10-5-2-6-11-17/h1,3-4,8-9,14-15,17H,2,5-7,10-13H2,(H2,24,29)(H,25,30). The number of aromatic nitrogens is 3. The van der Waals surface area contributed by atoms with Crippen molar-refractivity contribution in [3.05, 3.63) is 54.1 Å². The predicted molar refractivity (Wildman–Crippen MR) is 117 cm³/mol. The van der Waals surface area contributed by atoms with Crippen molar-refractivity contribution >= 4 is 17.5 Å². The first-order chi connectivity index (χ1) is 15.1. The molecule has 0 radical (unpaired) electrons. The first-order valence-corrected chi connectivity index (χ1v) is 10.8. The Morgan fingerprint density at radius 2 is 1.94 bits per heavy atom. The summed E-state index contributed by atoms with van der Waals surface area (Å²) in [6.45, 7) is 1.11. The van der Waals surface area contributed by atoms with Gasteiger partial charge in [-0.25, -0.2) is 9.97 Å². The Kier molecular flexibility index (Phi) is 6.57. The van der Waals surface area contributed by atoms with E-state index in [0.29, 0.717) is 24.9 Å². The van der Waals surface area contributed by atoms with Gasteiger partial charge in [0.2, 0.25) is 0 Å². The van der Waals surface area contributed by atoms with Crippen LogP contribution in [0.15, 0.2) is 42.7 Å². The number of amides is 2. The molecule has 1 aromatic carbocycles. The van der Waals surface area contributed by atoms with Crippen molar-refractivity contribution in [2.75, 3.05) is 13.2 Å². The second-order valence-electron chi connectivity index (χ2n) is 7.78. The van der Waals surface area contributed by atoms with Crippen LogP contribution in [-0.4, -0.2) is 45.4 Å². The summed E-state index contributed by atoms with van der Waals surface area (Å²) in [7, 11) is 0. The topological polar surface area (TPSA) is 112 Å². The van der Waals surface area contributed by atoms with Crippen LogP contribution in [0.5, 0.6) is 0 Å². The van der Waals surface area contributed by atoms with Crippen LogP contribution in [0.3, 0.4) is 0 Å². The molecule has 3 aromatic rings. The van der Waals surface area contributed by atoms with Gasteiger partial charge in [-0.2, -0.15) is 0 Å². The third kappa shape index (κ3) is 4.91. The normalized spacial score (nSPS) is 14.6. The number of nitrogens with zero attached hydrogens (tertiary/aromatic N) is 3. The first-order valence-electron chi connectivity index (χ1n) is 10.8. The molecule has 0 saturated heterocycles. The van der Waals surface area contributed by atoms with Gasteiger partial charge < -0.3 is 15.8 Å². The van der Waals surface area contributed by atoms with Gasteiger partial charge in [-0.05, 0) is 30.9 Å². The number of nitrogens with one attached hydrogen (secondary N) is 1. The number of benzene rings is 1. The maximum Gasteiger partial charge on any atom is 0.271 e. The summed E-state index contributed by atoms with van der Waals surface area (Å²) in [5, 5.41) is 2.89. The molecule has 0 spiro atoms. The zero-order valence-corrected chi connectivity index (χ0v) is 17.4. The number of hydrogen-bond acceptors (Lipinski definition) is 5. The highest BCUT2D eigenvalue weighted by atomic mass is 16.5. The van der Waals surface area contributed by atoms with E-state index in [1.165, 1.54) is 25.6 Å². The maximum absolute atomic E-state index is 12.8. The van der Waals surface area contributed by atoms with Crippen LogP contribution in [0.1, 0.15) is 59.5 Å². The van der Waals surface area contributed by atoms with Gasteiger partial charge in [-0.1, -0.05) is 49.6 Å². The van der Waals surface area contributed by atoms with Gasteiger partial charge in [-0.3, -0.25) is 14.0 Å². The van der Waals surface area contributed by atoms with Crippen molar-refractivity contribution in [3.63, 3.8) is 0 Å². The lowest BCUT2D eigenvalue weighted by molar-refractivity contribution is 0.0273. The molecule has 0 unspecified atom stereocenters. The zero-order chi connectivity index (χ0) is 21.6. The molecule has 1 aliphatic carbocycles. The van der Waals surface area contributed by atoms with E-state index >= 15 is 0 Å². The Morgan fingerprint density at radius 1 is 1.16 bits per heavy atom. The Morgan fingerprint density at radius 3 is 2.68 bits per heavy atom. The average Bonchev–Trinajstić information content (AvgIpc) is 3.24. The molecular weight excluding hydrogens is 394 g/mol. The first kappa shape index (κ1) is 21.0. The van der Waals surface area contributed by atoms with E-state index < -0.39 is 5.91 Å². The molecular formula is C23H27N5O3. The fraction of sp³-hybridized carbons (Fsp3) is 0.391. The Labute approximate surface area is 180 Å². The predicted octanol–water partition coefficient (Wildman–Crippen LogP) is 2.96. The lowest BCUT2D eigenvalue weighted by Crippen LogP contribution is -2.27.